The minimum absolute atomic E-state index is 0.241. The average molecular weight is 502 g/mol. The molecule has 0 spiro atoms. The number of nitrogens with zero attached hydrogens (tertiary/aromatic N) is 1. The fourth-order valence-electron chi connectivity index (χ4n) is 1.47. The van der Waals surface area contributed by atoms with Gasteiger partial charge in [0.1, 0.15) is 0 Å². The number of hydrogen-bond donors (Lipinski definition) is 0. The zero-order valence-corrected chi connectivity index (χ0v) is 15.4. The van der Waals surface area contributed by atoms with E-state index < -0.39 is 56.7 Å². The Kier molecular flexibility index (Phi) is 6.12. The third kappa shape index (κ3) is 3.91. The highest BCUT2D eigenvalue weighted by Crippen LogP contribution is 2.54. The molecule has 0 radical (unpaired) electrons. The Morgan fingerprint density at radius 2 is 1.03 bits per heavy atom. The monoisotopic (exact) mass is 502 g/mol. The number of alkyl halides is 9. The molecule has 1 aromatic carbocycles. The SMILES string of the molecule is O=S(=O)([N-]S(=O)(=O)C(F)(F)C(F)(F)C(F)(F)S(=O)(=O)c1ccccc1)C(F)(F)F. The molecule has 0 N–H and O–H groups in total. The van der Waals surface area contributed by atoms with Crippen LogP contribution < -0.4 is 0 Å². The van der Waals surface area contributed by atoms with Gasteiger partial charge in [0.15, 0.2) is 20.0 Å². The molecule has 1 aromatic rings. The van der Waals surface area contributed by atoms with Crippen molar-refractivity contribution < 1.29 is 64.8 Å². The zero-order chi connectivity index (χ0) is 23.3. The Morgan fingerprint density at radius 3 is 1.41 bits per heavy atom. The quantitative estimate of drug-likeness (QED) is 0.530. The number of rotatable bonds is 7. The molecule has 0 bridgehead atoms. The Balaban J connectivity index is 3.60. The fourth-order valence-corrected chi connectivity index (χ4v) is 5.01. The van der Waals surface area contributed by atoms with Crippen molar-refractivity contribution in [2.75, 3.05) is 0 Å². The smallest absolute Gasteiger partial charge is 0.423 e. The fraction of sp³-hybridized carbons (Fsp3) is 0.400. The molecular formula is C10H5F9NO6S3-. The van der Waals surface area contributed by atoms with Crippen molar-refractivity contribution >= 4 is 29.9 Å². The van der Waals surface area contributed by atoms with Gasteiger partial charge in [-0.15, -0.1) is 0 Å². The summed E-state index contributed by atoms with van der Waals surface area (Å²) in [6.45, 7) is 0. The van der Waals surface area contributed by atoms with Crippen molar-refractivity contribution in [2.24, 2.45) is 0 Å². The second-order valence-electron chi connectivity index (χ2n) is 4.89. The molecule has 0 saturated heterocycles. The Bertz CT molecular complexity index is 1080. The maximum absolute atomic E-state index is 13.9. The summed E-state index contributed by atoms with van der Waals surface area (Å²) in [5.74, 6) is -7.46. The van der Waals surface area contributed by atoms with Crippen LogP contribution in [-0.2, 0) is 29.9 Å². The molecule has 0 aliphatic heterocycles. The van der Waals surface area contributed by atoms with Crippen LogP contribution in [0.25, 0.3) is 4.13 Å². The number of benzene rings is 1. The van der Waals surface area contributed by atoms with Crippen molar-refractivity contribution in [1.29, 1.82) is 0 Å². The zero-order valence-electron chi connectivity index (χ0n) is 12.9. The molecule has 0 saturated carbocycles. The highest BCUT2D eigenvalue weighted by atomic mass is 32.3. The molecule has 0 aliphatic rings. The molecule has 0 aliphatic carbocycles. The van der Waals surface area contributed by atoms with Gasteiger partial charge in [0, 0.05) is 0 Å². The normalized spacial score (nSPS) is 15.3. The minimum atomic E-state index is -7.89. The third-order valence-electron chi connectivity index (χ3n) is 2.93. The van der Waals surface area contributed by atoms with Crippen LogP contribution in [0.1, 0.15) is 0 Å². The first-order valence-corrected chi connectivity index (χ1v) is 10.7. The lowest BCUT2D eigenvalue weighted by atomic mass is 10.3. The lowest BCUT2D eigenvalue weighted by Gasteiger charge is -2.35. The summed E-state index contributed by atoms with van der Waals surface area (Å²) in [6.07, 6.45) is 0. The molecule has 0 atom stereocenters. The van der Waals surface area contributed by atoms with E-state index in [0.717, 1.165) is 6.07 Å². The first-order valence-electron chi connectivity index (χ1n) is 6.29. The van der Waals surface area contributed by atoms with E-state index in [0.29, 0.717) is 16.3 Å². The maximum atomic E-state index is 13.9. The highest BCUT2D eigenvalue weighted by molar-refractivity contribution is 8.13. The molecule has 0 unspecified atom stereocenters. The van der Waals surface area contributed by atoms with E-state index in [-0.39, 0.29) is 12.1 Å². The van der Waals surface area contributed by atoms with Gasteiger partial charge in [0.25, 0.3) is 0 Å². The van der Waals surface area contributed by atoms with Gasteiger partial charge in [-0.2, -0.15) is 39.5 Å². The first-order chi connectivity index (χ1) is 12.6. The van der Waals surface area contributed by atoms with E-state index in [2.05, 4.69) is 0 Å². The van der Waals surface area contributed by atoms with Crippen LogP contribution in [0.15, 0.2) is 35.2 Å². The van der Waals surface area contributed by atoms with Crippen LogP contribution in [0.2, 0.25) is 0 Å². The van der Waals surface area contributed by atoms with Crippen molar-refractivity contribution in [3.05, 3.63) is 34.5 Å². The van der Waals surface area contributed by atoms with Gasteiger partial charge >= 0.3 is 21.9 Å². The summed E-state index contributed by atoms with van der Waals surface area (Å²) in [5.41, 5.74) is -6.68. The highest BCUT2D eigenvalue weighted by Gasteiger charge is 2.80. The number of sulfone groups is 1. The standard InChI is InChI=1S/C10H5F9NO6S3/c11-7(12,8(13,14)27(21,22)6-4-2-1-3-5-6)9(15,16)28(23,24)20-29(25,26)10(17,18)19/h1-5H/q-1. The summed E-state index contributed by atoms with van der Waals surface area (Å²) in [4.78, 5) is -1.68. The summed E-state index contributed by atoms with van der Waals surface area (Å²) >= 11 is 0. The van der Waals surface area contributed by atoms with Gasteiger partial charge in [-0.1, -0.05) is 18.2 Å². The molecule has 29 heavy (non-hydrogen) atoms. The first kappa shape index (κ1) is 25.4. The van der Waals surface area contributed by atoms with Crippen molar-refractivity contribution in [3.63, 3.8) is 0 Å². The molecule has 19 heteroatoms. The summed E-state index contributed by atoms with van der Waals surface area (Å²) in [7, 11) is -22.1. The van der Waals surface area contributed by atoms with Crippen LogP contribution in [0.4, 0.5) is 39.5 Å². The van der Waals surface area contributed by atoms with Gasteiger partial charge in [-0.25, -0.2) is 25.3 Å². The van der Waals surface area contributed by atoms with E-state index in [9.17, 15) is 64.8 Å². The predicted octanol–water partition coefficient (Wildman–Crippen LogP) is 2.83. The number of hydrogen-bond acceptors (Lipinski definition) is 6. The lowest BCUT2D eigenvalue weighted by Crippen LogP contribution is -2.60. The van der Waals surface area contributed by atoms with Crippen LogP contribution in [0.3, 0.4) is 0 Å². The molecular weight excluding hydrogens is 497 g/mol. The maximum Gasteiger partial charge on any atom is 0.480 e. The molecule has 0 aromatic heterocycles. The number of halogens is 9. The summed E-state index contributed by atoms with van der Waals surface area (Å²) in [6, 6.07) is 2.87. The second kappa shape index (κ2) is 6.98. The van der Waals surface area contributed by atoms with E-state index in [1.165, 1.54) is 0 Å². The average Bonchev–Trinajstić information content (AvgIpc) is 2.52. The molecule has 0 fully saturated rings. The largest absolute Gasteiger partial charge is 0.480 e. The summed E-state index contributed by atoms with van der Waals surface area (Å²) < 4.78 is 186. The Hall–Kier alpha value is -1.60. The lowest BCUT2D eigenvalue weighted by molar-refractivity contribution is -0.243. The molecule has 7 nitrogen and oxygen atoms in total. The third-order valence-corrected chi connectivity index (χ3v) is 7.82. The minimum Gasteiger partial charge on any atom is -0.423 e. The van der Waals surface area contributed by atoms with Gasteiger partial charge in [0.2, 0.25) is 9.84 Å². The van der Waals surface area contributed by atoms with Gasteiger partial charge in [-0.3, -0.25) is 0 Å². The van der Waals surface area contributed by atoms with Gasteiger partial charge in [-0.05, 0) is 12.1 Å². The van der Waals surface area contributed by atoms with Crippen LogP contribution in [-0.4, -0.2) is 47.2 Å². The Labute approximate surface area is 156 Å². The van der Waals surface area contributed by atoms with Crippen LogP contribution in [0.5, 0.6) is 0 Å². The molecule has 1 rings (SSSR count). The Morgan fingerprint density at radius 1 is 0.621 bits per heavy atom. The summed E-state index contributed by atoms with van der Waals surface area (Å²) in [5, 5.41) is -14.3. The van der Waals surface area contributed by atoms with Gasteiger partial charge < -0.3 is 4.13 Å². The van der Waals surface area contributed by atoms with Crippen LogP contribution in [0, 0.1) is 0 Å². The van der Waals surface area contributed by atoms with Crippen LogP contribution >= 0.6 is 0 Å². The van der Waals surface area contributed by atoms with E-state index >= 15 is 0 Å². The van der Waals surface area contributed by atoms with Crippen molar-refractivity contribution in [1.82, 2.24) is 0 Å². The van der Waals surface area contributed by atoms with Gasteiger partial charge in [0.05, 0.1) is 4.90 Å². The van der Waals surface area contributed by atoms with E-state index in [1.54, 1.807) is 0 Å². The predicted molar refractivity (Wildman–Crippen MR) is 75.7 cm³/mol. The molecule has 0 amide bonds. The molecule has 0 heterocycles. The van der Waals surface area contributed by atoms with E-state index in [1.807, 2.05) is 0 Å². The second-order valence-corrected chi connectivity index (χ2v) is 10.4. The topological polar surface area (TPSA) is 117 Å². The van der Waals surface area contributed by atoms with Crippen molar-refractivity contribution in [2.45, 2.75) is 26.8 Å². The van der Waals surface area contributed by atoms with E-state index in [4.69, 9.17) is 0 Å². The van der Waals surface area contributed by atoms with Crippen molar-refractivity contribution in [3.8, 4) is 0 Å². The number of sulfonamides is 2. The molecule has 168 valence electrons.